The maximum absolute atomic E-state index is 13.5. The van der Waals surface area contributed by atoms with Crippen LogP contribution >= 0.6 is 11.6 Å². The van der Waals surface area contributed by atoms with Gasteiger partial charge in [-0.1, -0.05) is 48.0 Å². The first-order valence-corrected chi connectivity index (χ1v) is 12.3. The molecular formula is C21H25ClN4O3S. The molecule has 160 valence electrons. The van der Waals surface area contributed by atoms with E-state index < -0.39 is 15.9 Å². The third kappa shape index (κ3) is 4.77. The van der Waals surface area contributed by atoms with Crippen LogP contribution in [0.5, 0.6) is 0 Å². The summed E-state index contributed by atoms with van der Waals surface area (Å²) in [4.78, 5) is 23.9. The highest BCUT2D eigenvalue weighted by molar-refractivity contribution is 7.91. The second-order valence-electron chi connectivity index (χ2n) is 7.63. The molecule has 0 spiro atoms. The topological polar surface area (TPSA) is 73.8 Å². The number of aromatic nitrogens is 1. The van der Waals surface area contributed by atoms with E-state index in [-0.39, 0.29) is 17.4 Å². The molecule has 1 amide bonds. The lowest BCUT2D eigenvalue weighted by atomic mass is 10.0. The van der Waals surface area contributed by atoms with Crippen LogP contribution in [0.3, 0.4) is 0 Å². The predicted molar refractivity (Wildman–Crippen MR) is 117 cm³/mol. The van der Waals surface area contributed by atoms with Crippen LogP contribution in [0.2, 0.25) is 5.15 Å². The lowest BCUT2D eigenvalue weighted by molar-refractivity contribution is -0.137. The molecule has 2 aliphatic heterocycles. The maximum Gasteiger partial charge on any atom is 0.244 e. The van der Waals surface area contributed by atoms with E-state index in [9.17, 15) is 13.2 Å². The van der Waals surface area contributed by atoms with Crippen molar-refractivity contribution < 1.29 is 13.2 Å². The van der Waals surface area contributed by atoms with Crippen molar-refractivity contribution in [3.05, 3.63) is 59.2 Å². The van der Waals surface area contributed by atoms with Gasteiger partial charge in [-0.25, -0.2) is 13.4 Å². The Kier molecular flexibility index (Phi) is 6.26. The summed E-state index contributed by atoms with van der Waals surface area (Å²) < 4.78 is 23.8. The van der Waals surface area contributed by atoms with E-state index in [1.54, 1.807) is 6.07 Å². The molecular weight excluding hydrogens is 424 g/mol. The van der Waals surface area contributed by atoms with Crippen molar-refractivity contribution in [1.82, 2.24) is 14.8 Å². The summed E-state index contributed by atoms with van der Waals surface area (Å²) in [6.07, 6.45) is 0. The molecule has 9 heteroatoms. The normalized spacial score (nSPS) is 20.7. The number of hydrogen-bond donors (Lipinski definition) is 0. The fraction of sp³-hybridized carbons (Fsp3) is 0.429. The van der Waals surface area contributed by atoms with Gasteiger partial charge in [0.05, 0.1) is 11.5 Å². The second-order valence-corrected chi connectivity index (χ2v) is 10.3. The Balaban J connectivity index is 1.48. The minimum atomic E-state index is -3.01. The fourth-order valence-corrected chi connectivity index (χ4v) is 5.42. The van der Waals surface area contributed by atoms with Crippen LogP contribution in [0.1, 0.15) is 11.6 Å². The lowest BCUT2D eigenvalue weighted by Gasteiger charge is -2.40. The van der Waals surface area contributed by atoms with Gasteiger partial charge in [0.15, 0.2) is 9.84 Å². The number of amides is 1. The number of rotatable bonds is 4. The number of nitrogens with zero attached hydrogens (tertiary/aromatic N) is 4. The molecule has 7 nitrogen and oxygen atoms in total. The Morgan fingerprint density at radius 3 is 2.20 bits per heavy atom. The molecule has 0 aliphatic carbocycles. The first kappa shape index (κ1) is 21.1. The van der Waals surface area contributed by atoms with Crippen LogP contribution < -0.4 is 4.90 Å². The van der Waals surface area contributed by atoms with Crippen LogP contribution in [-0.4, -0.2) is 79.9 Å². The Labute approximate surface area is 182 Å². The zero-order valence-corrected chi connectivity index (χ0v) is 18.2. The number of piperazine rings is 1. The highest BCUT2D eigenvalue weighted by Gasteiger charge is 2.35. The van der Waals surface area contributed by atoms with Gasteiger partial charge in [0, 0.05) is 39.3 Å². The first-order valence-electron chi connectivity index (χ1n) is 10.1. The van der Waals surface area contributed by atoms with Gasteiger partial charge in [-0.2, -0.15) is 0 Å². The Morgan fingerprint density at radius 1 is 0.900 bits per heavy atom. The van der Waals surface area contributed by atoms with Gasteiger partial charge >= 0.3 is 0 Å². The summed E-state index contributed by atoms with van der Waals surface area (Å²) in [5, 5.41) is 0.454. The highest BCUT2D eigenvalue weighted by Crippen LogP contribution is 2.26. The van der Waals surface area contributed by atoms with Gasteiger partial charge in [-0.05, 0) is 17.7 Å². The Hall–Kier alpha value is -2.16. The molecule has 2 saturated heterocycles. The molecule has 2 fully saturated rings. The van der Waals surface area contributed by atoms with E-state index in [2.05, 4.69) is 9.88 Å². The van der Waals surface area contributed by atoms with Crippen molar-refractivity contribution in [2.24, 2.45) is 0 Å². The number of hydrogen-bond acceptors (Lipinski definition) is 6. The minimum Gasteiger partial charge on any atom is -0.353 e. The number of anilines is 1. The molecule has 1 aromatic carbocycles. The summed E-state index contributed by atoms with van der Waals surface area (Å²) in [5.41, 5.74) is 0.903. The number of halogens is 1. The van der Waals surface area contributed by atoms with Crippen LogP contribution in [-0.2, 0) is 14.6 Å². The Bertz CT molecular complexity index is 980. The summed E-state index contributed by atoms with van der Waals surface area (Å²) in [6.45, 7) is 3.27. The van der Waals surface area contributed by atoms with Gasteiger partial charge in [-0.3, -0.25) is 9.69 Å². The van der Waals surface area contributed by atoms with E-state index in [1.807, 2.05) is 52.3 Å². The van der Waals surface area contributed by atoms with Gasteiger partial charge in [0.2, 0.25) is 5.91 Å². The molecule has 3 heterocycles. The van der Waals surface area contributed by atoms with Crippen molar-refractivity contribution in [3.63, 3.8) is 0 Å². The monoisotopic (exact) mass is 448 g/mol. The number of carbonyl (C=O) groups is 1. The van der Waals surface area contributed by atoms with Gasteiger partial charge < -0.3 is 9.80 Å². The van der Waals surface area contributed by atoms with E-state index >= 15 is 0 Å². The van der Waals surface area contributed by atoms with Gasteiger partial charge in [-0.15, -0.1) is 0 Å². The van der Waals surface area contributed by atoms with Crippen LogP contribution in [0, 0.1) is 0 Å². The Morgan fingerprint density at radius 2 is 1.57 bits per heavy atom. The summed E-state index contributed by atoms with van der Waals surface area (Å²) in [6, 6.07) is 14.7. The van der Waals surface area contributed by atoms with Crippen molar-refractivity contribution in [3.8, 4) is 0 Å². The summed E-state index contributed by atoms with van der Waals surface area (Å²) >= 11 is 6.01. The summed E-state index contributed by atoms with van der Waals surface area (Å²) in [5.74, 6) is 1.03. The van der Waals surface area contributed by atoms with Crippen LogP contribution in [0.25, 0.3) is 0 Å². The molecule has 0 radical (unpaired) electrons. The van der Waals surface area contributed by atoms with Gasteiger partial charge in [0.25, 0.3) is 0 Å². The van der Waals surface area contributed by atoms with E-state index in [0.29, 0.717) is 44.4 Å². The smallest absolute Gasteiger partial charge is 0.244 e. The quantitative estimate of drug-likeness (QED) is 0.665. The third-order valence-corrected chi connectivity index (χ3v) is 7.53. The molecule has 30 heavy (non-hydrogen) atoms. The van der Waals surface area contributed by atoms with Crippen molar-refractivity contribution >= 4 is 33.2 Å². The van der Waals surface area contributed by atoms with Crippen molar-refractivity contribution in [1.29, 1.82) is 0 Å². The molecule has 2 aliphatic rings. The van der Waals surface area contributed by atoms with Crippen molar-refractivity contribution in [2.75, 3.05) is 55.7 Å². The summed E-state index contributed by atoms with van der Waals surface area (Å²) in [7, 11) is -3.01. The zero-order chi connectivity index (χ0) is 21.1. The molecule has 0 saturated carbocycles. The van der Waals surface area contributed by atoms with E-state index in [4.69, 9.17) is 11.6 Å². The number of sulfone groups is 1. The lowest BCUT2D eigenvalue weighted by Crippen LogP contribution is -2.54. The molecule has 1 aromatic heterocycles. The number of benzene rings is 1. The molecule has 0 N–H and O–H groups in total. The molecule has 0 bridgehead atoms. The fourth-order valence-electron chi connectivity index (χ4n) is 4.03. The molecule has 1 atom stereocenters. The molecule has 4 rings (SSSR count). The average molecular weight is 449 g/mol. The number of pyridine rings is 1. The molecule has 1 unspecified atom stereocenters. The maximum atomic E-state index is 13.5. The minimum absolute atomic E-state index is 0.0270. The van der Waals surface area contributed by atoms with Crippen LogP contribution in [0.4, 0.5) is 5.82 Å². The van der Waals surface area contributed by atoms with Crippen molar-refractivity contribution in [2.45, 2.75) is 6.04 Å². The first-order chi connectivity index (χ1) is 14.4. The second kappa shape index (κ2) is 8.91. The predicted octanol–water partition coefficient (Wildman–Crippen LogP) is 1.86. The number of carbonyl (C=O) groups excluding carboxylic acids is 1. The molecule has 2 aromatic rings. The van der Waals surface area contributed by atoms with E-state index in [0.717, 1.165) is 11.4 Å². The zero-order valence-electron chi connectivity index (χ0n) is 16.7. The van der Waals surface area contributed by atoms with E-state index in [1.165, 1.54) is 0 Å². The highest BCUT2D eigenvalue weighted by atomic mass is 35.5. The standard InChI is InChI=1S/C21H25ClN4O3S/c22-18-7-4-8-19(23-18)24-9-11-26(12-10-24)21(27)20(17-5-2-1-3-6-17)25-13-15-30(28,29)16-14-25/h1-8,20H,9-16H2. The largest absolute Gasteiger partial charge is 0.353 e. The third-order valence-electron chi connectivity index (χ3n) is 5.71. The van der Waals surface area contributed by atoms with Crippen LogP contribution in [0.15, 0.2) is 48.5 Å². The van der Waals surface area contributed by atoms with Gasteiger partial charge in [0.1, 0.15) is 17.0 Å². The SMILES string of the molecule is O=C(C(c1ccccc1)N1CCS(=O)(=O)CC1)N1CCN(c2cccc(Cl)n2)CC1. The average Bonchev–Trinajstić information content (AvgIpc) is 2.76.